The Hall–Kier alpha value is -2.44. The summed E-state index contributed by atoms with van der Waals surface area (Å²) >= 11 is 12.0. The Morgan fingerprint density at radius 1 is 1.11 bits per heavy atom. The summed E-state index contributed by atoms with van der Waals surface area (Å²) in [5, 5.41) is 3.36. The molecule has 0 aliphatic heterocycles. The molecule has 1 N–H and O–H groups in total. The maximum Gasteiger partial charge on any atom is 0.338 e. The molecule has 0 saturated carbocycles. The van der Waals surface area contributed by atoms with Gasteiger partial charge in [-0.25, -0.2) is 4.79 Å². The SMILES string of the molecule is COc1cc(C(=O)OCC(=O)Nc2ccc(Cl)cc2)cc(Cl)c1OC(C)C. The monoisotopic (exact) mass is 411 g/mol. The maximum absolute atomic E-state index is 12.2. The molecule has 0 radical (unpaired) electrons. The van der Waals surface area contributed by atoms with Crippen molar-refractivity contribution in [2.24, 2.45) is 0 Å². The molecule has 144 valence electrons. The Morgan fingerprint density at radius 3 is 2.37 bits per heavy atom. The van der Waals surface area contributed by atoms with Gasteiger partial charge in [-0.3, -0.25) is 4.79 Å². The van der Waals surface area contributed by atoms with Gasteiger partial charge in [0.1, 0.15) is 0 Å². The minimum atomic E-state index is -0.711. The summed E-state index contributed by atoms with van der Waals surface area (Å²) in [6.45, 7) is 3.24. The van der Waals surface area contributed by atoms with E-state index in [1.807, 2.05) is 13.8 Å². The van der Waals surface area contributed by atoms with Gasteiger partial charge in [-0.15, -0.1) is 0 Å². The highest BCUT2D eigenvalue weighted by Crippen LogP contribution is 2.37. The number of benzene rings is 2. The van der Waals surface area contributed by atoms with Gasteiger partial charge in [-0.2, -0.15) is 0 Å². The minimum Gasteiger partial charge on any atom is -0.493 e. The van der Waals surface area contributed by atoms with Crippen molar-refractivity contribution in [3.8, 4) is 11.5 Å². The number of halogens is 2. The lowest BCUT2D eigenvalue weighted by Crippen LogP contribution is -2.21. The number of anilines is 1. The molecule has 0 spiro atoms. The van der Waals surface area contributed by atoms with Crippen LogP contribution in [0.3, 0.4) is 0 Å². The van der Waals surface area contributed by atoms with Crippen LogP contribution < -0.4 is 14.8 Å². The molecule has 0 heterocycles. The fraction of sp³-hybridized carbons (Fsp3) is 0.263. The van der Waals surface area contributed by atoms with E-state index in [4.69, 9.17) is 37.4 Å². The Kier molecular flexibility index (Phi) is 7.33. The molecule has 0 fully saturated rings. The lowest BCUT2D eigenvalue weighted by atomic mass is 10.2. The lowest BCUT2D eigenvalue weighted by Gasteiger charge is -2.16. The van der Waals surface area contributed by atoms with Gasteiger partial charge in [0.2, 0.25) is 0 Å². The van der Waals surface area contributed by atoms with E-state index in [9.17, 15) is 9.59 Å². The summed E-state index contributed by atoms with van der Waals surface area (Å²) in [4.78, 5) is 24.1. The van der Waals surface area contributed by atoms with Crippen molar-refractivity contribution >= 4 is 40.8 Å². The van der Waals surface area contributed by atoms with E-state index in [0.29, 0.717) is 22.2 Å². The molecule has 27 heavy (non-hydrogen) atoms. The van der Waals surface area contributed by atoms with Gasteiger partial charge >= 0.3 is 5.97 Å². The molecule has 0 aliphatic rings. The normalized spacial score (nSPS) is 10.4. The Balaban J connectivity index is 2.01. The largest absolute Gasteiger partial charge is 0.493 e. The minimum absolute atomic E-state index is 0.120. The molecule has 0 aromatic heterocycles. The molecular formula is C19H19Cl2NO5. The number of rotatable bonds is 7. The molecule has 0 saturated heterocycles. The zero-order valence-corrected chi connectivity index (χ0v) is 16.6. The number of nitrogens with one attached hydrogen (secondary N) is 1. The number of ether oxygens (including phenoxy) is 3. The summed E-state index contributed by atoms with van der Waals surface area (Å²) in [6.07, 6.45) is -0.120. The average Bonchev–Trinajstić information content (AvgIpc) is 2.62. The summed E-state index contributed by atoms with van der Waals surface area (Å²) in [5.74, 6) is -0.555. The zero-order valence-electron chi connectivity index (χ0n) is 15.0. The summed E-state index contributed by atoms with van der Waals surface area (Å²) in [5.41, 5.74) is 0.688. The van der Waals surface area contributed by atoms with E-state index >= 15 is 0 Å². The first kappa shape index (κ1) is 20.9. The van der Waals surface area contributed by atoms with Gasteiger partial charge < -0.3 is 19.5 Å². The first-order chi connectivity index (χ1) is 12.8. The predicted octanol–water partition coefficient (Wildman–Crippen LogP) is 4.58. The third-order valence-electron chi connectivity index (χ3n) is 3.28. The molecule has 0 atom stereocenters. The third-order valence-corrected chi connectivity index (χ3v) is 3.81. The number of carbonyl (C=O) groups excluding carboxylic acids is 2. The topological polar surface area (TPSA) is 73.9 Å². The van der Waals surface area contributed by atoms with Gasteiger partial charge in [0.25, 0.3) is 5.91 Å². The standard InChI is InChI=1S/C19H19Cl2NO5/c1-11(2)27-18-15(21)8-12(9-16(18)25-3)19(24)26-10-17(23)22-14-6-4-13(20)5-7-14/h4-9,11H,10H2,1-3H3,(H,22,23). The first-order valence-corrected chi connectivity index (χ1v) is 8.82. The van der Waals surface area contributed by atoms with Gasteiger partial charge in [0.05, 0.1) is 23.8 Å². The van der Waals surface area contributed by atoms with Crippen molar-refractivity contribution in [2.75, 3.05) is 19.0 Å². The molecule has 0 unspecified atom stereocenters. The van der Waals surface area contributed by atoms with Gasteiger partial charge in [0, 0.05) is 10.7 Å². The van der Waals surface area contributed by atoms with Crippen LogP contribution in [0, 0.1) is 0 Å². The van der Waals surface area contributed by atoms with Crippen molar-refractivity contribution < 1.29 is 23.8 Å². The van der Waals surface area contributed by atoms with Crippen LogP contribution in [0.5, 0.6) is 11.5 Å². The van der Waals surface area contributed by atoms with Crippen LogP contribution in [0.1, 0.15) is 24.2 Å². The first-order valence-electron chi connectivity index (χ1n) is 8.07. The molecule has 0 bridgehead atoms. The quantitative estimate of drug-likeness (QED) is 0.674. The van der Waals surface area contributed by atoms with Gasteiger partial charge in [-0.1, -0.05) is 23.2 Å². The maximum atomic E-state index is 12.2. The number of carbonyl (C=O) groups is 2. The lowest BCUT2D eigenvalue weighted by molar-refractivity contribution is -0.119. The zero-order chi connectivity index (χ0) is 20.0. The Morgan fingerprint density at radius 2 is 1.78 bits per heavy atom. The van der Waals surface area contributed by atoms with Crippen molar-refractivity contribution in [1.29, 1.82) is 0 Å². The van der Waals surface area contributed by atoms with Crippen LogP contribution in [-0.2, 0) is 9.53 Å². The smallest absolute Gasteiger partial charge is 0.338 e. The fourth-order valence-corrected chi connectivity index (χ4v) is 2.51. The second-order valence-corrected chi connectivity index (χ2v) is 6.63. The molecule has 0 aliphatic carbocycles. The van der Waals surface area contributed by atoms with Gasteiger partial charge in [0.15, 0.2) is 18.1 Å². The van der Waals surface area contributed by atoms with Crippen LogP contribution in [0.25, 0.3) is 0 Å². The van der Waals surface area contributed by atoms with Crippen LogP contribution in [0.15, 0.2) is 36.4 Å². The highest BCUT2D eigenvalue weighted by atomic mass is 35.5. The number of hydrogen-bond acceptors (Lipinski definition) is 5. The van der Waals surface area contributed by atoms with Crippen molar-refractivity contribution in [3.63, 3.8) is 0 Å². The van der Waals surface area contributed by atoms with Crippen LogP contribution in [-0.4, -0.2) is 31.7 Å². The predicted molar refractivity (Wildman–Crippen MR) is 104 cm³/mol. The summed E-state index contributed by atoms with van der Waals surface area (Å²) in [6, 6.07) is 9.40. The summed E-state index contributed by atoms with van der Waals surface area (Å²) in [7, 11) is 1.44. The molecule has 2 rings (SSSR count). The van der Waals surface area contributed by atoms with Crippen LogP contribution >= 0.6 is 23.2 Å². The second kappa shape index (κ2) is 9.48. The molecule has 8 heteroatoms. The Labute approximate surface area is 167 Å². The van der Waals surface area contributed by atoms with E-state index in [0.717, 1.165) is 0 Å². The van der Waals surface area contributed by atoms with Crippen molar-refractivity contribution in [1.82, 2.24) is 0 Å². The van der Waals surface area contributed by atoms with Crippen molar-refractivity contribution in [3.05, 3.63) is 52.0 Å². The molecule has 6 nitrogen and oxygen atoms in total. The number of esters is 1. The molecular weight excluding hydrogens is 393 g/mol. The highest BCUT2D eigenvalue weighted by Gasteiger charge is 2.18. The van der Waals surface area contributed by atoms with E-state index in [2.05, 4.69) is 5.32 Å². The molecule has 2 aromatic carbocycles. The molecule has 1 amide bonds. The number of amides is 1. The van der Waals surface area contributed by atoms with Gasteiger partial charge in [-0.05, 0) is 50.2 Å². The second-order valence-electron chi connectivity index (χ2n) is 5.79. The number of methoxy groups -OCH3 is 1. The van der Waals surface area contributed by atoms with E-state index in [1.165, 1.54) is 19.2 Å². The van der Waals surface area contributed by atoms with Crippen LogP contribution in [0.4, 0.5) is 5.69 Å². The van der Waals surface area contributed by atoms with E-state index in [1.54, 1.807) is 24.3 Å². The van der Waals surface area contributed by atoms with Crippen LogP contribution in [0.2, 0.25) is 10.0 Å². The van der Waals surface area contributed by atoms with Crippen molar-refractivity contribution in [2.45, 2.75) is 20.0 Å². The Bertz CT molecular complexity index is 822. The fourth-order valence-electron chi connectivity index (χ4n) is 2.13. The third kappa shape index (κ3) is 6.05. The highest BCUT2D eigenvalue weighted by molar-refractivity contribution is 6.32. The molecule has 2 aromatic rings. The number of hydrogen-bond donors (Lipinski definition) is 1. The van der Waals surface area contributed by atoms with E-state index in [-0.39, 0.29) is 16.7 Å². The average molecular weight is 412 g/mol. The van der Waals surface area contributed by atoms with E-state index < -0.39 is 18.5 Å². The summed E-state index contributed by atoms with van der Waals surface area (Å²) < 4.78 is 15.8.